The first-order valence-electron chi connectivity index (χ1n) is 9.38. The van der Waals surface area contributed by atoms with Gasteiger partial charge in [0.1, 0.15) is 16.9 Å². The van der Waals surface area contributed by atoms with Gasteiger partial charge in [-0.05, 0) is 29.7 Å². The monoisotopic (exact) mass is 427 g/mol. The molecular formula is C22H20ClN2O5+. The van der Waals surface area contributed by atoms with E-state index < -0.39 is 16.2 Å². The molecule has 8 heteroatoms. The zero-order valence-corrected chi connectivity index (χ0v) is 17.0. The Morgan fingerprint density at radius 1 is 1.07 bits per heavy atom. The Bertz CT molecular complexity index is 1040. The number of carbonyl (C=O) groups is 1. The van der Waals surface area contributed by atoms with Gasteiger partial charge in [0.2, 0.25) is 0 Å². The highest BCUT2D eigenvalue weighted by Gasteiger charge is 2.43. The van der Waals surface area contributed by atoms with Crippen LogP contribution in [0.1, 0.15) is 17.3 Å². The van der Waals surface area contributed by atoms with Crippen molar-refractivity contribution in [3.05, 3.63) is 84.1 Å². The van der Waals surface area contributed by atoms with E-state index in [2.05, 4.69) is 4.39 Å². The summed E-state index contributed by atoms with van der Waals surface area (Å²) in [6.07, 6.45) is 5.29. The van der Waals surface area contributed by atoms with Crippen LogP contribution in [0.3, 0.4) is 0 Å². The maximum atomic E-state index is 13.1. The van der Waals surface area contributed by atoms with Crippen molar-refractivity contribution in [1.82, 2.24) is 4.90 Å². The second-order valence-electron chi connectivity index (χ2n) is 7.23. The first-order chi connectivity index (χ1) is 14.3. The number of hydroxylamine groups is 1. The molecule has 1 unspecified atom stereocenters. The number of amidine groups is 1. The lowest BCUT2D eigenvalue weighted by atomic mass is 9.93. The molecule has 1 atom stereocenters. The minimum atomic E-state index is -4.68. The molecule has 4 rings (SSSR count). The summed E-state index contributed by atoms with van der Waals surface area (Å²) in [5.74, 6) is -0.322. The molecule has 0 bridgehead atoms. The summed E-state index contributed by atoms with van der Waals surface area (Å²) >= 11 is 0. The van der Waals surface area contributed by atoms with Crippen LogP contribution in [0.2, 0.25) is 0 Å². The van der Waals surface area contributed by atoms with E-state index in [1.165, 1.54) is 0 Å². The molecular weight excluding hydrogens is 408 g/mol. The normalized spacial score (nSPS) is 18.7. The molecule has 2 heterocycles. The molecule has 0 aliphatic carbocycles. The lowest BCUT2D eigenvalue weighted by Gasteiger charge is -2.26. The number of benzene rings is 2. The quantitative estimate of drug-likeness (QED) is 0.498. The Hall–Kier alpha value is -2.97. The average Bonchev–Trinajstić information content (AvgIpc) is 2.73. The number of Topliss-reactive ketones (excluding diaryl/α,β-unsaturated/α-hetero) is 1. The fourth-order valence-corrected chi connectivity index (χ4v) is 3.93. The second-order valence-corrected chi connectivity index (χ2v) is 8.12. The van der Waals surface area contributed by atoms with E-state index in [1.54, 1.807) is 29.3 Å². The van der Waals surface area contributed by atoms with E-state index in [0.717, 1.165) is 21.4 Å². The number of nitrogens with zero attached hydrogens (tertiary/aromatic N) is 2. The topological polar surface area (TPSA) is 102 Å². The Morgan fingerprint density at radius 2 is 1.73 bits per heavy atom. The van der Waals surface area contributed by atoms with E-state index >= 15 is 0 Å². The molecule has 30 heavy (non-hydrogen) atoms. The SMILES string of the molecule is CC1=CC2=[N+](O[Cl+3]([O-])([O-])[O-])CC(C(=O)c3ccc(-c4ccccc4)cc3)CN2C=C1. The summed E-state index contributed by atoms with van der Waals surface area (Å²) in [6.45, 7) is 2.15. The molecule has 0 aromatic heterocycles. The predicted octanol–water partition coefficient (Wildman–Crippen LogP) is 0.182. The first-order valence-corrected chi connectivity index (χ1v) is 10.6. The zero-order chi connectivity index (χ0) is 21.3. The van der Waals surface area contributed by atoms with Gasteiger partial charge in [0.15, 0.2) is 22.6 Å². The first kappa shape index (κ1) is 20.3. The molecule has 154 valence electrons. The third kappa shape index (κ3) is 4.44. The minimum absolute atomic E-state index is 0.0445. The highest BCUT2D eigenvalue weighted by Crippen LogP contribution is 2.23. The molecule has 2 aromatic rings. The highest BCUT2D eigenvalue weighted by molar-refractivity contribution is 6.00. The number of halogens is 1. The number of allylic oxidation sites excluding steroid dienone is 2. The lowest BCUT2D eigenvalue weighted by Crippen LogP contribution is -2.64. The molecule has 0 spiro atoms. The predicted molar refractivity (Wildman–Crippen MR) is 101 cm³/mol. The van der Waals surface area contributed by atoms with Gasteiger partial charge in [-0.3, -0.25) is 4.79 Å². The number of fused-ring (bicyclic) bond motifs is 1. The number of carbonyl (C=O) groups excluding carboxylic acids is 1. The van der Waals surface area contributed by atoms with Gasteiger partial charge in [-0.25, -0.2) is 4.90 Å². The van der Waals surface area contributed by atoms with Crippen LogP contribution in [-0.4, -0.2) is 34.3 Å². The Labute approximate surface area is 176 Å². The fraction of sp³-hybridized carbons (Fsp3) is 0.182. The van der Waals surface area contributed by atoms with Crippen LogP contribution >= 0.6 is 0 Å². The second kappa shape index (κ2) is 8.04. The molecule has 2 aliphatic rings. The molecule has 2 aromatic carbocycles. The van der Waals surface area contributed by atoms with Crippen molar-refractivity contribution in [3.63, 3.8) is 0 Å². The Morgan fingerprint density at radius 3 is 2.40 bits per heavy atom. The lowest BCUT2D eigenvalue weighted by molar-refractivity contribution is -1.94. The standard InChI is InChI=1S/C22H20ClN2O5/c1-16-11-12-24-14-20(15-25(21(24)13-16)30-23(27,28)29)22(26)19-9-7-18(8-10-19)17-5-3-2-4-6-17/h2-13,20H,14-15H2,1H3/q+1. The van der Waals surface area contributed by atoms with Crippen molar-refractivity contribution in [2.75, 3.05) is 13.1 Å². The molecule has 0 saturated heterocycles. The smallest absolute Gasteiger partial charge is 0.294 e. The summed E-state index contributed by atoms with van der Waals surface area (Å²) in [5, 5.41) is 0. The molecule has 0 fully saturated rings. The van der Waals surface area contributed by atoms with Crippen LogP contribution < -0.4 is 14.0 Å². The number of ketones is 1. The van der Waals surface area contributed by atoms with Crippen molar-refractivity contribution >= 4 is 11.6 Å². The van der Waals surface area contributed by atoms with Crippen molar-refractivity contribution < 1.29 is 38.1 Å². The van der Waals surface area contributed by atoms with Gasteiger partial charge in [-0.15, -0.1) is 0 Å². The van der Waals surface area contributed by atoms with Gasteiger partial charge in [-0.2, -0.15) is 14.0 Å². The molecule has 0 amide bonds. The van der Waals surface area contributed by atoms with Crippen molar-refractivity contribution in [2.45, 2.75) is 6.92 Å². The number of hydrogen-bond donors (Lipinski definition) is 0. The Balaban J connectivity index is 1.58. The van der Waals surface area contributed by atoms with E-state index in [4.69, 9.17) is 0 Å². The van der Waals surface area contributed by atoms with E-state index in [0.29, 0.717) is 17.9 Å². The van der Waals surface area contributed by atoms with Gasteiger partial charge in [0, 0.05) is 11.6 Å². The third-order valence-corrected chi connectivity index (χ3v) is 5.38. The maximum Gasteiger partial charge on any atom is 0.330 e. The van der Waals surface area contributed by atoms with Gasteiger partial charge in [0.05, 0.1) is 10.9 Å². The summed E-state index contributed by atoms with van der Waals surface area (Å²) < 4.78 is 39.1. The average molecular weight is 428 g/mol. The molecule has 7 nitrogen and oxygen atoms in total. The molecule has 0 radical (unpaired) electrons. The largest absolute Gasteiger partial charge is 0.330 e. The van der Waals surface area contributed by atoms with Gasteiger partial charge in [0.25, 0.3) is 0 Å². The molecule has 0 N–H and O–H groups in total. The summed E-state index contributed by atoms with van der Waals surface area (Å²) in [7, 11) is -4.68. The van der Waals surface area contributed by atoms with E-state index in [9.17, 15) is 18.8 Å². The van der Waals surface area contributed by atoms with E-state index in [-0.39, 0.29) is 12.3 Å². The summed E-state index contributed by atoms with van der Waals surface area (Å²) in [5.41, 5.74) is 3.43. The summed E-state index contributed by atoms with van der Waals surface area (Å²) in [4.78, 5) is 14.8. The van der Waals surface area contributed by atoms with Gasteiger partial charge >= 0.3 is 5.84 Å². The maximum absolute atomic E-state index is 13.1. The molecule has 2 aliphatic heterocycles. The van der Waals surface area contributed by atoms with Crippen LogP contribution in [0.5, 0.6) is 0 Å². The van der Waals surface area contributed by atoms with Crippen LogP contribution in [0.4, 0.5) is 0 Å². The minimum Gasteiger partial charge on any atom is -0.294 e. The number of hydrogen-bond acceptors (Lipinski definition) is 6. The highest BCUT2D eigenvalue weighted by atomic mass is 35.7. The van der Waals surface area contributed by atoms with Crippen LogP contribution in [0, 0.1) is 16.2 Å². The Kier molecular flexibility index (Phi) is 5.44. The van der Waals surface area contributed by atoms with E-state index in [1.807, 2.05) is 55.5 Å². The fourth-order valence-electron chi connectivity index (χ4n) is 3.60. The summed E-state index contributed by atoms with van der Waals surface area (Å²) in [6, 6.07) is 17.1. The van der Waals surface area contributed by atoms with Crippen molar-refractivity contribution in [3.8, 4) is 11.1 Å². The van der Waals surface area contributed by atoms with Crippen LogP contribution in [-0.2, 0) is 4.39 Å². The molecule has 0 saturated carbocycles. The van der Waals surface area contributed by atoms with Crippen LogP contribution in [0.15, 0.2) is 78.5 Å². The van der Waals surface area contributed by atoms with Crippen LogP contribution in [0.25, 0.3) is 11.1 Å². The zero-order valence-electron chi connectivity index (χ0n) is 16.2. The van der Waals surface area contributed by atoms with Crippen molar-refractivity contribution in [2.24, 2.45) is 5.92 Å². The third-order valence-electron chi connectivity index (χ3n) is 5.04. The van der Waals surface area contributed by atoms with Gasteiger partial charge in [-0.1, -0.05) is 54.6 Å². The number of rotatable bonds is 5. The van der Waals surface area contributed by atoms with Crippen molar-refractivity contribution in [1.29, 1.82) is 0 Å². The van der Waals surface area contributed by atoms with Gasteiger partial charge < -0.3 is 0 Å².